The van der Waals surface area contributed by atoms with Crippen LogP contribution >= 0.6 is 23.4 Å². The molecule has 152 valence electrons. The van der Waals surface area contributed by atoms with Crippen LogP contribution in [0.3, 0.4) is 0 Å². The Hall–Kier alpha value is -3.10. The first-order valence-corrected chi connectivity index (χ1v) is 10.5. The monoisotopic (exact) mass is 439 g/mol. The second-order valence-corrected chi connectivity index (χ2v) is 8.47. The van der Waals surface area contributed by atoms with Crippen molar-refractivity contribution in [1.82, 2.24) is 19.7 Å². The minimum atomic E-state index is -0.479. The molecule has 0 spiro atoms. The first kappa shape index (κ1) is 20.2. The number of hydrogen-bond acceptors (Lipinski definition) is 5. The zero-order valence-corrected chi connectivity index (χ0v) is 17.8. The van der Waals surface area contributed by atoms with Crippen molar-refractivity contribution in [3.05, 3.63) is 75.7 Å². The van der Waals surface area contributed by atoms with Gasteiger partial charge in [-0.15, -0.1) is 0 Å². The minimum absolute atomic E-state index is 0.180. The summed E-state index contributed by atoms with van der Waals surface area (Å²) in [7, 11) is 0. The van der Waals surface area contributed by atoms with Gasteiger partial charge in [0.25, 0.3) is 5.56 Å². The minimum Gasteiger partial charge on any atom is -0.325 e. The highest BCUT2D eigenvalue weighted by molar-refractivity contribution is 8.00. The van der Waals surface area contributed by atoms with Crippen LogP contribution in [-0.2, 0) is 4.79 Å². The molecule has 4 aromatic rings. The van der Waals surface area contributed by atoms with E-state index in [0.717, 1.165) is 11.3 Å². The van der Waals surface area contributed by atoms with Crippen LogP contribution < -0.4 is 10.9 Å². The van der Waals surface area contributed by atoms with Gasteiger partial charge >= 0.3 is 0 Å². The Morgan fingerprint density at radius 3 is 2.80 bits per heavy atom. The van der Waals surface area contributed by atoms with Crippen molar-refractivity contribution in [2.75, 3.05) is 5.32 Å². The van der Waals surface area contributed by atoms with Gasteiger partial charge in [-0.05, 0) is 43.7 Å². The van der Waals surface area contributed by atoms with E-state index in [9.17, 15) is 9.59 Å². The maximum absolute atomic E-state index is 12.6. The normalized spacial score (nSPS) is 12.1. The fourth-order valence-electron chi connectivity index (χ4n) is 2.92. The van der Waals surface area contributed by atoms with E-state index >= 15 is 0 Å². The Morgan fingerprint density at radius 2 is 2.03 bits per heavy atom. The van der Waals surface area contributed by atoms with Gasteiger partial charge in [0.2, 0.25) is 5.91 Å². The fourth-order valence-corrected chi connectivity index (χ4v) is 3.90. The van der Waals surface area contributed by atoms with Gasteiger partial charge < -0.3 is 10.3 Å². The van der Waals surface area contributed by atoms with Crippen molar-refractivity contribution in [2.24, 2.45) is 0 Å². The van der Waals surface area contributed by atoms with Crippen LogP contribution in [0.2, 0.25) is 5.02 Å². The van der Waals surface area contributed by atoms with Crippen molar-refractivity contribution in [3.63, 3.8) is 0 Å². The summed E-state index contributed by atoms with van der Waals surface area (Å²) in [6.45, 7) is 3.69. The molecule has 0 saturated heterocycles. The Morgan fingerprint density at radius 1 is 1.23 bits per heavy atom. The Bertz CT molecular complexity index is 1300. The number of nitrogens with one attached hydrogen (secondary N) is 2. The number of benzene rings is 2. The Labute approximate surface area is 181 Å². The molecule has 2 N–H and O–H groups in total. The number of nitrogens with zero attached hydrogens (tertiary/aromatic N) is 3. The number of amides is 1. The third kappa shape index (κ3) is 4.10. The van der Waals surface area contributed by atoms with Gasteiger partial charge in [-0.1, -0.05) is 47.6 Å². The standard InChI is InChI=1S/C21H18ClN5O2S/c1-12-6-3-4-9-17(12)24-19(28)13(2)30-21-25-18-16(20(29)26-21)11-23-27(18)15-8-5-7-14(22)10-15/h3-11,13H,1-2H3,(H,24,28)(H,25,26,29). The molecule has 0 aliphatic heterocycles. The number of carbonyl (C=O) groups is 1. The number of rotatable bonds is 5. The molecule has 1 atom stereocenters. The zero-order chi connectivity index (χ0) is 21.3. The maximum atomic E-state index is 12.6. The van der Waals surface area contributed by atoms with E-state index in [-0.39, 0.29) is 11.5 Å². The highest BCUT2D eigenvalue weighted by Crippen LogP contribution is 2.24. The summed E-state index contributed by atoms with van der Waals surface area (Å²) >= 11 is 7.25. The third-order valence-electron chi connectivity index (χ3n) is 4.53. The number of thioether (sulfide) groups is 1. The predicted molar refractivity (Wildman–Crippen MR) is 120 cm³/mol. The van der Waals surface area contributed by atoms with E-state index in [0.29, 0.717) is 26.9 Å². The molecule has 2 aromatic carbocycles. The van der Waals surface area contributed by atoms with Gasteiger partial charge in [0.1, 0.15) is 5.39 Å². The van der Waals surface area contributed by atoms with Crippen LogP contribution in [0.4, 0.5) is 5.69 Å². The topological polar surface area (TPSA) is 92.7 Å². The van der Waals surface area contributed by atoms with Gasteiger partial charge in [-0.25, -0.2) is 9.67 Å². The van der Waals surface area contributed by atoms with Crippen molar-refractivity contribution < 1.29 is 4.79 Å². The second kappa shape index (κ2) is 8.33. The van der Waals surface area contributed by atoms with Crippen LogP contribution in [0.5, 0.6) is 0 Å². The summed E-state index contributed by atoms with van der Waals surface area (Å²) in [5, 5.41) is 7.95. The van der Waals surface area contributed by atoms with E-state index in [1.54, 1.807) is 29.8 Å². The first-order chi connectivity index (χ1) is 14.4. The number of hydrogen-bond donors (Lipinski definition) is 2. The number of halogens is 1. The molecular weight excluding hydrogens is 422 g/mol. The number of anilines is 1. The number of fused-ring (bicyclic) bond motifs is 1. The van der Waals surface area contributed by atoms with Gasteiger partial charge in [0.05, 0.1) is 17.1 Å². The van der Waals surface area contributed by atoms with Crippen molar-refractivity contribution in [2.45, 2.75) is 24.3 Å². The predicted octanol–water partition coefficient (Wildman–Crippen LogP) is 4.19. The third-order valence-corrected chi connectivity index (χ3v) is 5.75. The average molecular weight is 440 g/mol. The molecule has 0 aliphatic carbocycles. The summed E-state index contributed by atoms with van der Waals surface area (Å²) in [5.41, 5.74) is 2.50. The van der Waals surface area contributed by atoms with Crippen LogP contribution in [0.1, 0.15) is 12.5 Å². The Balaban J connectivity index is 1.61. The number of carbonyl (C=O) groups excluding carboxylic acids is 1. The quantitative estimate of drug-likeness (QED) is 0.359. The van der Waals surface area contributed by atoms with E-state index in [4.69, 9.17) is 11.6 Å². The van der Waals surface area contributed by atoms with Crippen LogP contribution in [-0.4, -0.2) is 30.9 Å². The molecule has 0 radical (unpaired) electrons. The average Bonchev–Trinajstić information content (AvgIpc) is 3.14. The van der Waals surface area contributed by atoms with E-state index in [1.165, 1.54) is 18.0 Å². The second-order valence-electron chi connectivity index (χ2n) is 6.71. The highest BCUT2D eigenvalue weighted by atomic mass is 35.5. The molecule has 7 nitrogen and oxygen atoms in total. The highest BCUT2D eigenvalue weighted by Gasteiger charge is 2.19. The fraction of sp³-hybridized carbons (Fsp3) is 0.143. The lowest BCUT2D eigenvalue weighted by Gasteiger charge is -2.13. The maximum Gasteiger partial charge on any atom is 0.262 e. The lowest BCUT2D eigenvalue weighted by atomic mass is 10.2. The zero-order valence-electron chi connectivity index (χ0n) is 16.2. The molecule has 2 heterocycles. The SMILES string of the molecule is Cc1ccccc1NC(=O)C(C)Sc1nc2c(cnn2-c2cccc(Cl)c2)c(=O)[nH]1. The van der Waals surface area contributed by atoms with Crippen LogP contribution in [0, 0.1) is 6.92 Å². The van der Waals surface area contributed by atoms with E-state index < -0.39 is 5.25 Å². The van der Waals surface area contributed by atoms with Crippen molar-refractivity contribution in [3.8, 4) is 5.69 Å². The van der Waals surface area contributed by atoms with Crippen molar-refractivity contribution >= 4 is 46.0 Å². The largest absolute Gasteiger partial charge is 0.325 e. The summed E-state index contributed by atoms with van der Waals surface area (Å²) in [6.07, 6.45) is 1.46. The first-order valence-electron chi connectivity index (χ1n) is 9.19. The smallest absolute Gasteiger partial charge is 0.262 e. The van der Waals surface area contributed by atoms with Crippen LogP contribution in [0.25, 0.3) is 16.7 Å². The molecule has 0 aliphatic rings. The molecule has 1 amide bonds. The number of aromatic amines is 1. The molecular formula is C21H18ClN5O2S. The van der Waals surface area contributed by atoms with E-state index in [1.807, 2.05) is 37.3 Å². The lowest BCUT2D eigenvalue weighted by Crippen LogP contribution is -2.23. The summed E-state index contributed by atoms with van der Waals surface area (Å²) in [6, 6.07) is 14.7. The number of aryl methyl sites for hydroxylation is 1. The van der Waals surface area contributed by atoms with Gasteiger partial charge in [-0.3, -0.25) is 9.59 Å². The molecule has 4 rings (SSSR count). The number of para-hydroxylation sites is 1. The summed E-state index contributed by atoms with van der Waals surface area (Å²) in [5.74, 6) is -0.180. The van der Waals surface area contributed by atoms with Gasteiger partial charge in [0, 0.05) is 10.7 Å². The molecule has 0 saturated carbocycles. The summed E-state index contributed by atoms with van der Waals surface area (Å²) < 4.78 is 1.55. The molecule has 30 heavy (non-hydrogen) atoms. The van der Waals surface area contributed by atoms with Crippen LogP contribution in [0.15, 0.2) is 64.7 Å². The molecule has 1 unspecified atom stereocenters. The molecule has 0 bridgehead atoms. The molecule has 9 heteroatoms. The Kier molecular flexibility index (Phi) is 5.61. The van der Waals surface area contributed by atoms with E-state index in [2.05, 4.69) is 20.4 Å². The van der Waals surface area contributed by atoms with Gasteiger partial charge in [0.15, 0.2) is 10.8 Å². The molecule has 2 aromatic heterocycles. The number of aromatic nitrogens is 4. The number of H-pyrrole nitrogens is 1. The molecule has 0 fully saturated rings. The lowest BCUT2D eigenvalue weighted by molar-refractivity contribution is -0.115. The van der Waals surface area contributed by atoms with Gasteiger partial charge in [-0.2, -0.15) is 5.10 Å². The summed E-state index contributed by atoms with van der Waals surface area (Å²) in [4.78, 5) is 32.4. The van der Waals surface area contributed by atoms with Crippen molar-refractivity contribution in [1.29, 1.82) is 0 Å².